The Bertz CT molecular complexity index is 562. The normalized spacial score (nSPS) is 22.4. The largest absolute Gasteiger partial charge is 0.352 e. The summed E-state index contributed by atoms with van der Waals surface area (Å²) in [5, 5.41) is 2.70. The molecule has 1 aliphatic carbocycles. The molecule has 1 aromatic rings. The Labute approximate surface area is 130 Å². The van der Waals surface area contributed by atoms with Crippen LogP contribution in [0.25, 0.3) is 0 Å². The van der Waals surface area contributed by atoms with Gasteiger partial charge in [0.1, 0.15) is 6.04 Å². The monoisotopic (exact) mass is 301 g/mol. The predicted octanol–water partition coefficient (Wildman–Crippen LogP) is 1.45. The summed E-state index contributed by atoms with van der Waals surface area (Å²) >= 11 is 0. The molecule has 2 unspecified atom stereocenters. The molecule has 118 valence electrons. The van der Waals surface area contributed by atoms with Gasteiger partial charge in [0.2, 0.25) is 5.91 Å². The standard InChI is InChI=1S/C17H23N3O2/c1-11-5-4-8-20(11)16(21)15(19-17(18)22)14-9-12-6-2-3-7-13(12)10-14/h2-3,6-7,11,14-15H,4-5,8-10H2,1H3,(H3,18,19,22). The van der Waals surface area contributed by atoms with E-state index in [2.05, 4.69) is 24.4 Å². The van der Waals surface area contributed by atoms with Crippen molar-refractivity contribution < 1.29 is 9.59 Å². The fourth-order valence-electron chi connectivity index (χ4n) is 3.80. The minimum Gasteiger partial charge on any atom is -0.352 e. The van der Waals surface area contributed by atoms with E-state index in [1.807, 2.05) is 17.0 Å². The smallest absolute Gasteiger partial charge is 0.312 e. The van der Waals surface area contributed by atoms with Crippen LogP contribution in [0.15, 0.2) is 24.3 Å². The molecule has 2 aliphatic rings. The second kappa shape index (κ2) is 5.99. The highest BCUT2D eigenvalue weighted by Gasteiger charge is 2.38. The first-order chi connectivity index (χ1) is 10.6. The molecule has 1 saturated heterocycles. The highest BCUT2D eigenvalue weighted by Crippen LogP contribution is 2.30. The fraction of sp³-hybridized carbons (Fsp3) is 0.529. The Hall–Kier alpha value is -2.04. The topological polar surface area (TPSA) is 75.4 Å². The second-order valence-electron chi connectivity index (χ2n) is 6.45. The lowest BCUT2D eigenvalue weighted by Crippen LogP contribution is -2.54. The number of fused-ring (bicyclic) bond motifs is 1. The van der Waals surface area contributed by atoms with Crippen LogP contribution in [0.5, 0.6) is 0 Å². The summed E-state index contributed by atoms with van der Waals surface area (Å²) in [6.45, 7) is 2.84. The molecule has 3 N–H and O–H groups in total. The van der Waals surface area contributed by atoms with Crippen LogP contribution in [0.3, 0.4) is 0 Å². The van der Waals surface area contributed by atoms with E-state index in [0.717, 1.165) is 32.2 Å². The molecule has 1 aromatic carbocycles. The van der Waals surface area contributed by atoms with Crippen molar-refractivity contribution in [1.82, 2.24) is 10.2 Å². The number of benzene rings is 1. The summed E-state index contributed by atoms with van der Waals surface area (Å²) in [6.07, 6.45) is 3.69. The zero-order valence-electron chi connectivity index (χ0n) is 12.9. The van der Waals surface area contributed by atoms with Crippen molar-refractivity contribution in [2.75, 3.05) is 6.54 Å². The third-order valence-corrected chi connectivity index (χ3v) is 4.95. The van der Waals surface area contributed by atoms with Crippen LogP contribution >= 0.6 is 0 Å². The first-order valence-corrected chi connectivity index (χ1v) is 7.99. The van der Waals surface area contributed by atoms with Crippen LogP contribution in [-0.4, -0.2) is 35.5 Å². The van der Waals surface area contributed by atoms with Crippen LogP contribution in [-0.2, 0) is 17.6 Å². The first-order valence-electron chi connectivity index (χ1n) is 7.99. The van der Waals surface area contributed by atoms with Gasteiger partial charge in [0.05, 0.1) is 0 Å². The molecule has 0 saturated carbocycles. The molecule has 5 heteroatoms. The maximum Gasteiger partial charge on any atom is 0.312 e. The number of likely N-dealkylation sites (tertiary alicyclic amines) is 1. The van der Waals surface area contributed by atoms with Crippen LogP contribution in [0.1, 0.15) is 30.9 Å². The van der Waals surface area contributed by atoms with Crippen LogP contribution < -0.4 is 11.1 Å². The lowest BCUT2D eigenvalue weighted by atomic mass is 9.95. The number of hydrogen-bond acceptors (Lipinski definition) is 2. The Kier molecular flexibility index (Phi) is 4.05. The van der Waals surface area contributed by atoms with Gasteiger partial charge in [0.15, 0.2) is 0 Å². The number of carbonyl (C=O) groups excluding carboxylic acids is 2. The van der Waals surface area contributed by atoms with Crippen molar-refractivity contribution in [3.63, 3.8) is 0 Å². The van der Waals surface area contributed by atoms with Gasteiger partial charge in [-0.1, -0.05) is 24.3 Å². The number of primary amides is 1. The van der Waals surface area contributed by atoms with Crippen LogP contribution in [0.2, 0.25) is 0 Å². The van der Waals surface area contributed by atoms with Gasteiger partial charge in [0.25, 0.3) is 0 Å². The average molecular weight is 301 g/mol. The fourth-order valence-corrected chi connectivity index (χ4v) is 3.80. The Morgan fingerprint density at radius 2 is 1.91 bits per heavy atom. The molecule has 0 radical (unpaired) electrons. The van der Waals surface area contributed by atoms with E-state index < -0.39 is 12.1 Å². The zero-order chi connectivity index (χ0) is 15.7. The SMILES string of the molecule is CC1CCCN1C(=O)C(NC(N)=O)C1Cc2ccccc2C1. The minimum absolute atomic E-state index is 0.0154. The quantitative estimate of drug-likeness (QED) is 0.886. The minimum atomic E-state index is -0.624. The molecule has 5 nitrogen and oxygen atoms in total. The van der Waals surface area contributed by atoms with E-state index >= 15 is 0 Å². The third-order valence-electron chi connectivity index (χ3n) is 4.95. The van der Waals surface area contributed by atoms with Crippen molar-refractivity contribution in [3.8, 4) is 0 Å². The number of carbonyl (C=O) groups is 2. The van der Waals surface area contributed by atoms with Crippen molar-refractivity contribution in [1.29, 1.82) is 0 Å². The third kappa shape index (κ3) is 2.80. The van der Waals surface area contributed by atoms with Crippen molar-refractivity contribution in [2.24, 2.45) is 11.7 Å². The molecule has 3 rings (SSSR count). The number of nitrogens with two attached hydrogens (primary N) is 1. The second-order valence-corrected chi connectivity index (χ2v) is 6.45. The molecule has 0 bridgehead atoms. The van der Waals surface area contributed by atoms with Gasteiger partial charge >= 0.3 is 6.03 Å². The van der Waals surface area contributed by atoms with Crippen LogP contribution in [0.4, 0.5) is 4.79 Å². The predicted molar refractivity (Wildman–Crippen MR) is 84.3 cm³/mol. The maximum absolute atomic E-state index is 12.9. The summed E-state index contributed by atoms with van der Waals surface area (Å²) in [5.74, 6) is 0.104. The highest BCUT2D eigenvalue weighted by molar-refractivity contribution is 5.87. The number of hydrogen-bond donors (Lipinski definition) is 2. The van der Waals surface area contributed by atoms with E-state index in [1.54, 1.807) is 0 Å². The van der Waals surface area contributed by atoms with E-state index in [4.69, 9.17) is 5.73 Å². The first kappa shape index (κ1) is 14.9. The van der Waals surface area contributed by atoms with Crippen molar-refractivity contribution >= 4 is 11.9 Å². The summed E-state index contributed by atoms with van der Waals surface area (Å²) < 4.78 is 0. The van der Waals surface area contributed by atoms with E-state index in [1.165, 1.54) is 11.1 Å². The zero-order valence-corrected chi connectivity index (χ0v) is 12.9. The Morgan fingerprint density at radius 1 is 1.27 bits per heavy atom. The number of amides is 3. The average Bonchev–Trinajstić information content (AvgIpc) is 3.09. The van der Waals surface area contributed by atoms with Gasteiger partial charge in [-0.3, -0.25) is 4.79 Å². The van der Waals surface area contributed by atoms with E-state index in [9.17, 15) is 9.59 Å². The van der Waals surface area contributed by atoms with Gasteiger partial charge < -0.3 is 16.0 Å². The van der Waals surface area contributed by atoms with Gasteiger partial charge in [-0.25, -0.2) is 4.79 Å². The van der Waals surface area contributed by atoms with Crippen molar-refractivity contribution in [3.05, 3.63) is 35.4 Å². The highest BCUT2D eigenvalue weighted by atomic mass is 16.2. The number of nitrogens with one attached hydrogen (secondary N) is 1. The molecule has 1 fully saturated rings. The van der Waals surface area contributed by atoms with Gasteiger partial charge in [0, 0.05) is 12.6 Å². The molecule has 3 amide bonds. The van der Waals surface area contributed by atoms with Gasteiger partial charge in [-0.15, -0.1) is 0 Å². The summed E-state index contributed by atoms with van der Waals surface area (Å²) in [7, 11) is 0. The van der Waals surface area contributed by atoms with Crippen LogP contribution in [0, 0.1) is 5.92 Å². The molecular formula is C17H23N3O2. The molecule has 1 heterocycles. The van der Waals surface area contributed by atoms with Gasteiger partial charge in [-0.05, 0) is 49.7 Å². The number of nitrogens with zero attached hydrogens (tertiary/aromatic N) is 1. The molecule has 1 aliphatic heterocycles. The lowest BCUT2D eigenvalue weighted by Gasteiger charge is -2.30. The number of urea groups is 1. The summed E-state index contributed by atoms with van der Waals surface area (Å²) in [6, 6.07) is 7.32. The molecule has 22 heavy (non-hydrogen) atoms. The molecule has 2 atom stereocenters. The van der Waals surface area contributed by atoms with E-state index in [-0.39, 0.29) is 17.9 Å². The van der Waals surface area contributed by atoms with Crippen molar-refractivity contribution in [2.45, 2.75) is 44.7 Å². The van der Waals surface area contributed by atoms with E-state index in [0.29, 0.717) is 0 Å². The molecular weight excluding hydrogens is 278 g/mol. The Balaban J connectivity index is 1.79. The summed E-state index contributed by atoms with van der Waals surface area (Å²) in [4.78, 5) is 26.2. The van der Waals surface area contributed by atoms with Gasteiger partial charge in [-0.2, -0.15) is 0 Å². The molecule has 0 aromatic heterocycles. The summed E-state index contributed by atoms with van der Waals surface area (Å²) in [5.41, 5.74) is 7.86. The lowest BCUT2D eigenvalue weighted by molar-refractivity contribution is -0.135. The Morgan fingerprint density at radius 3 is 2.41 bits per heavy atom. The molecule has 0 spiro atoms. The number of rotatable bonds is 3. The maximum atomic E-state index is 12.9.